The second-order valence-electron chi connectivity index (χ2n) is 6.13. The molecule has 1 aliphatic carbocycles. The average molecular weight is 323 g/mol. The van der Waals surface area contributed by atoms with Crippen molar-refractivity contribution in [3.05, 3.63) is 65.5 Å². The van der Waals surface area contributed by atoms with E-state index in [-0.39, 0.29) is 11.8 Å². The molecule has 0 aliphatic heterocycles. The first-order chi connectivity index (χ1) is 11.6. The Morgan fingerprint density at radius 2 is 1.75 bits per heavy atom. The van der Waals surface area contributed by atoms with E-state index in [1.807, 2.05) is 41.3 Å². The van der Waals surface area contributed by atoms with Gasteiger partial charge in [-0.25, -0.2) is 0 Å². The fourth-order valence-corrected chi connectivity index (χ4v) is 2.60. The zero-order valence-electron chi connectivity index (χ0n) is 13.7. The highest BCUT2D eigenvalue weighted by Crippen LogP contribution is 2.29. The van der Waals surface area contributed by atoms with Gasteiger partial charge in [-0.2, -0.15) is 0 Å². The summed E-state index contributed by atoms with van der Waals surface area (Å²) in [5.41, 5.74) is 2.75. The number of carbonyl (C=O) groups is 2. The van der Waals surface area contributed by atoms with E-state index >= 15 is 0 Å². The van der Waals surface area contributed by atoms with Gasteiger partial charge in [0, 0.05) is 44.0 Å². The lowest BCUT2D eigenvalue weighted by Gasteiger charge is -2.22. The smallest absolute Gasteiger partial charge is 0.254 e. The van der Waals surface area contributed by atoms with Crippen molar-refractivity contribution in [2.24, 2.45) is 0 Å². The zero-order valence-corrected chi connectivity index (χ0v) is 13.7. The molecule has 0 spiro atoms. The Kier molecular flexibility index (Phi) is 4.89. The van der Waals surface area contributed by atoms with Gasteiger partial charge in [0.1, 0.15) is 0 Å². The van der Waals surface area contributed by atoms with Gasteiger partial charge in [-0.15, -0.1) is 0 Å². The summed E-state index contributed by atoms with van der Waals surface area (Å²) in [5.74, 6) is -0.00667. The average Bonchev–Trinajstić information content (AvgIpc) is 3.43. The Balaban J connectivity index is 1.69. The number of amides is 2. The maximum absolute atomic E-state index is 12.8. The van der Waals surface area contributed by atoms with E-state index in [0.717, 1.165) is 24.0 Å². The summed E-state index contributed by atoms with van der Waals surface area (Å²) in [4.78, 5) is 29.8. The maximum atomic E-state index is 12.8. The van der Waals surface area contributed by atoms with Crippen molar-refractivity contribution in [1.29, 1.82) is 0 Å². The van der Waals surface area contributed by atoms with Crippen molar-refractivity contribution in [1.82, 2.24) is 15.2 Å². The molecule has 1 aliphatic rings. The van der Waals surface area contributed by atoms with Crippen LogP contribution >= 0.6 is 0 Å². The Morgan fingerprint density at radius 1 is 1.08 bits per heavy atom. The summed E-state index contributed by atoms with van der Waals surface area (Å²) in [6, 6.07) is 11.7. The normalized spacial score (nSPS) is 13.4. The number of rotatable bonds is 6. The Bertz CT molecular complexity index is 709. The largest absolute Gasteiger partial charge is 0.352 e. The van der Waals surface area contributed by atoms with Crippen LogP contribution in [0.4, 0.5) is 0 Å². The van der Waals surface area contributed by atoms with E-state index in [1.54, 1.807) is 12.4 Å². The lowest BCUT2D eigenvalue weighted by atomic mass is 10.1. The number of carbonyl (C=O) groups excluding carboxylic acids is 2. The molecule has 124 valence electrons. The molecule has 5 heteroatoms. The van der Waals surface area contributed by atoms with Gasteiger partial charge in [0.15, 0.2) is 0 Å². The van der Waals surface area contributed by atoms with Gasteiger partial charge >= 0.3 is 0 Å². The molecule has 0 saturated heterocycles. The molecule has 5 nitrogen and oxygen atoms in total. The first-order valence-corrected chi connectivity index (χ1v) is 8.17. The summed E-state index contributed by atoms with van der Waals surface area (Å²) in [7, 11) is 0. The molecule has 0 bridgehead atoms. The molecule has 0 radical (unpaired) electrons. The topological polar surface area (TPSA) is 62.3 Å². The molecule has 0 unspecified atom stereocenters. The van der Waals surface area contributed by atoms with Crippen LogP contribution in [0.25, 0.3) is 0 Å². The highest BCUT2D eigenvalue weighted by Gasteiger charge is 2.33. The molecule has 1 heterocycles. The van der Waals surface area contributed by atoms with Crippen molar-refractivity contribution in [2.75, 3.05) is 0 Å². The van der Waals surface area contributed by atoms with Crippen molar-refractivity contribution in [3.8, 4) is 0 Å². The van der Waals surface area contributed by atoms with E-state index in [4.69, 9.17) is 0 Å². The van der Waals surface area contributed by atoms with Crippen LogP contribution in [-0.2, 0) is 17.9 Å². The molecule has 1 aromatic heterocycles. The molecule has 1 N–H and O–H groups in total. The lowest BCUT2D eigenvalue weighted by Crippen LogP contribution is -2.32. The lowest BCUT2D eigenvalue weighted by molar-refractivity contribution is -0.119. The highest BCUT2D eigenvalue weighted by atomic mass is 16.2. The predicted molar refractivity (Wildman–Crippen MR) is 91.1 cm³/mol. The first kappa shape index (κ1) is 16.2. The number of nitrogens with zero attached hydrogens (tertiary/aromatic N) is 2. The van der Waals surface area contributed by atoms with Crippen LogP contribution in [0.15, 0.2) is 48.8 Å². The van der Waals surface area contributed by atoms with Gasteiger partial charge in [-0.1, -0.05) is 12.1 Å². The minimum atomic E-state index is -0.0626. The number of pyridine rings is 1. The Hall–Kier alpha value is -2.69. The molecule has 1 saturated carbocycles. The fourth-order valence-electron chi connectivity index (χ4n) is 2.60. The Morgan fingerprint density at radius 3 is 2.33 bits per heavy atom. The summed E-state index contributed by atoms with van der Waals surface area (Å²) in [6.07, 6.45) is 5.64. The van der Waals surface area contributed by atoms with Crippen LogP contribution in [0.2, 0.25) is 0 Å². The second kappa shape index (κ2) is 7.25. The molecular formula is C19H21N3O2. The monoisotopic (exact) mass is 323 g/mol. The molecule has 1 aromatic carbocycles. The molecule has 3 rings (SSSR count). The van der Waals surface area contributed by atoms with E-state index in [1.165, 1.54) is 6.92 Å². The minimum Gasteiger partial charge on any atom is -0.352 e. The molecule has 1 fully saturated rings. The first-order valence-electron chi connectivity index (χ1n) is 8.17. The van der Waals surface area contributed by atoms with Gasteiger partial charge < -0.3 is 10.2 Å². The van der Waals surface area contributed by atoms with E-state index < -0.39 is 0 Å². The van der Waals surface area contributed by atoms with Gasteiger partial charge in [0.25, 0.3) is 5.91 Å². The SMILES string of the molecule is CC(=O)NCc1ccc(C(=O)N(Cc2ccncc2)C2CC2)cc1. The summed E-state index contributed by atoms with van der Waals surface area (Å²) < 4.78 is 0. The molecule has 0 atom stereocenters. The number of hydrogen-bond acceptors (Lipinski definition) is 3. The van der Waals surface area contributed by atoms with Crippen LogP contribution in [-0.4, -0.2) is 27.7 Å². The number of hydrogen-bond donors (Lipinski definition) is 1. The minimum absolute atomic E-state index is 0.0559. The molecule has 2 amide bonds. The second-order valence-corrected chi connectivity index (χ2v) is 6.13. The van der Waals surface area contributed by atoms with Gasteiger partial charge in [0.05, 0.1) is 0 Å². The third kappa shape index (κ3) is 4.19. The third-order valence-corrected chi connectivity index (χ3v) is 4.09. The maximum Gasteiger partial charge on any atom is 0.254 e. The van der Waals surface area contributed by atoms with Crippen LogP contribution in [0.1, 0.15) is 41.3 Å². The molecular weight excluding hydrogens is 302 g/mol. The van der Waals surface area contributed by atoms with Gasteiger partial charge in [-0.3, -0.25) is 14.6 Å². The van der Waals surface area contributed by atoms with E-state index in [2.05, 4.69) is 10.3 Å². The van der Waals surface area contributed by atoms with Crippen molar-refractivity contribution in [2.45, 2.75) is 38.9 Å². The number of aromatic nitrogens is 1. The van der Waals surface area contributed by atoms with Crippen LogP contribution in [0, 0.1) is 0 Å². The number of nitrogens with one attached hydrogen (secondary N) is 1. The highest BCUT2D eigenvalue weighted by molar-refractivity contribution is 5.94. The van der Waals surface area contributed by atoms with Crippen molar-refractivity contribution in [3.63, 3.8) is 0 Å². The van der Waals surface area contributed by atoms with Crippen LogP contribution < -0.4 is 5.32 Å². The van der Waals surface area contributed by atoms with Crippen molar-refractivity contribution >= 4 is 11.8 Å². The summed E-state index contributed by atoms with van der Waals surface area (Å²) in [6.45, 7) is 2.58. The fraction of sp³-hybridized carbons (Fsp3) is 0.316. The molecule has 24 heavy (non-hydrogen) atoms. The molecule has 2 aromatic rings. The standard InChI is InChI=1S/C19H21N3O2/c1-14(23)21-12-15-2-4-17(5-3-15)19(24)22(18-6-7-18)13-16-8-10-20-11-9-16/h2-5,8-11,18H,6-7,12-13H2,1H3,(H,21,23). The predicted octanol–water partition coefficient (Wildman–Crippen LogP) is 2.52. The zero-order chi connectivity index (χ0) is 16.9. The van der Waals surface area contributed by atoms with Gasteiger partial charge in [-0.05, 0) is 48.2 Å². The number of benzene rings is 1. The van der Waals surface area contributed by atoms with Crippen LogP contribution in [0.3, 0.4) is 0 Å². The van der Waals surface area contributed by atoms with Crippen molar-refractivity contribution < 1.29 is 9.59 Å². The quantitative estimate of drug-likeness (QED) is 0.888. The van der Waals surface area contributed by atoms with E-state index in [9.17, 15) is 9.59 Å². The van der Waals surface area contributed by atoms with E-state index in [0.29, 0.717) is 24.7 Å². The summed E-state index contributed by atoms with van der Waals surface area (Å²) in [5, 5.41) is 2.75. The third-order valence-electron chi connectivity index (χ3n) is 4.09. The Labute approximate surface area is 141 Å². The van der Waals surface area contributed by atoms with Crippen LogP contribution in [0.5, 0.6) is 0 Å². The summed E-state index contributed by atoms with van der Waals surface area (Å²) >= 11 is 0. The van der Waals surface area contributed by atoms with Gasteiger partial charge in [0.2, 0.25) is 5.91 Å².